The summed E-state index contributed by atoms with van der Waals surface area (Å²) in [7, 11) is -3.78. The average molecular weight is 550 g/mol. The normalized spacial score (nSPS) is 12.8. The van der Waals surface area contributed by atoms with E-state index in [2.05, 4.69) is 5.32 Å². The predicted octanol–water partition coefficient (Wildman–Crippen LogP) is 4.62. The third kappa shape index (κ3) is 8.68. The molecule has 0 saturated heterocycles. The van der Waals surface area contributed by atoms with Crippen LogP contribution in [0.4, 0.5) is 5.69 Å². The zero-order chi connectivity index (χ0) is 28.6. The fourth-order valence-electron chi connectivity index (χ4n) is 4.21. The summed E-state index contributed by atoms with van der Waals surface area (Å²) in [6, 6.07) is 23.4. The molecular weight excluding hydrogens is 510 g/mol. The van der Waals surface area contributed by atoms with Gasteiger partial charge in [0.05, 0.1) is 11.9 Å². The van der Waals surface area contributed by atoms with E-state index in [1.807, 2.05) is 82.3 Å². The van der Waals surface area contributed by atoms with Crippen molar-refractivity contribution < 1.29 is 18.0 Å². The summed E-state index contributed by atoms with van der Waals surface area (Å²) in [5.41, 5.74) is 4.21. The van der Waals surface area contributed by atoms with Crippen LogP contribution in [0.15, 0.2) is 78.9 Å². The minimum absolute atomic E-state index is 0.0767. The van der Waals surface area contributed by atoms with Crippen LogP contribution in [0, 0.1) is 13.8 Å². The van der Waals surface area contributed by atoms with Crippen LogP contribution in [0.2, 0.25) is 0 Å². The van der Waals surface area contributed by atoms with Gasteiger partial charge in [-0.05, 0) is 50.5 Å². The molecule has 7 nitrogen and oxygen atoms in total. The van der Waals surface area contributed by atoms with Gasteiger partial charge in [-0.15, -0.1) is 0 Å². The van der Waals surface area contributed by atoms with E-state index >= 15 is 0 Å². The number of nitrogens with zero attached hydrogens (tertiary/aromatic N) is 2. The quantitative estimate of drug-likeness (QED) is 0.357. The van der Waals surface area contributed by atoms with Crippen molar-refractivity contribution in [1.82, 2.24) is 10.2 Å². The van der Waals surface area contributed by atoms with Crippen LogP contribution in [-0.4, -0.2) is 50.0 Å². The van der Waals surface area contributed by atoms with Crippen LogP contribution in [0.25, 0.3) is 0 Å². The molecule has 0 aliphatic heterocycles. The van der Waals surface area contributed by atoms with Crippen molar-refractivity contribution in [2.75, 3.05) is 17.1 Å². The van der Waals surface area contributed by atoms with Crippen LogP contribution < -0.4 is 9.62 Å². The van der Waals surface area contributed by atoms with Gasteiger partial charge in [0.2, 0.25) is 21.8 Å². The molecule has 0 heterocycles. The number of rotatable bonds is 12. The topological polar surface area (TPSA) is 86.8 Å². The molecule has 39 heavy (non-hydrogen) atoms. The lowest BCUT2D eigenvalue weighted by molar-refractivity contribution is -0.140. The highest BCUT2D eigenvalue weighted by atomic mass is 32.2. The second kappa shape index (κ2) is 13.4. The number of amides is 2. The highest BCUT2D eigenvalue weighted by Gasteiger charge is 2.33. The fourth-order valence-corrected chi connectivity index (χ4v) is 5.06. The molecule has 3 rings (SSSR count). The summed E-state index contributed by atoms with van der Waals surface area (Å²) >= 11 is 0. The zero-order valence-electron chi connectivity index (χ0n) is 23.4. The number of hydrogen-bond acceptors (Lipinski definition) is 4. The monoisotopic (exact) mass is 549 g/mol. The van der Waals surface area contributed by atoms with Gasteiger partial charge in [-0.3, -0.25) is 13.9 Å². The first-order chi connectivity index (χ1) is 18.5. The third-order valence-electron chi connectivity index (χ3n) is 6.75. The van der Waals surface area contributed by atoms with Crippen LogP contribution >= 0.6 is 0 Å². The minimum Gasteiger partial charge on any atom is -0.352 e. The van der Waals surface area contributed by atoms with Gasteiger partial charge in [0, 0.05) is 19.0 Å². The summed E-state index contributed by atoms with van der Waals surface area (Å²) in [5.74, 6) is -0.725. The number of carbonyl (C=O) groups excluding carboxylic acids is 2. The maximum atomic E-state index is 14.0. The van der Waals surface area contributed by atoms with Crippen molar-refractivity contribution in [2.24, 2.45) is 0 Å². The molecular formula is C31H39N3O4S. The van der Waals surface area contributed by atoms with Crippen molar-refractivity contribution in [1.29, 1.82) is 0 Å². The van der Waals surface area contributed by atoms with E-state index in [0.29, 0.717) is 12.1 Å². The van der Waals surface area contributed by atoms with Gasteiger partial charge in [-0.25, -0.2) is 8.42 Å². The van der Waals surface area contributed by atoms with Crippen LogP contribution in [0.5, 0.6) is 0 Å². The highest BCUT2D eigenvalue weighted by Crippen LogP contribution is 2.21. The van der Waals surface area contributed by atoms with Gasteiger partial charge in [-0.2, -0.15) is 0 Å². The molecule has 0 spiro atoms. The number of anilines is 1. The van der Waals surface area contributed by atoms with Crippen molar-refractivity contribution in [3.63, 3.8) is 0 Å². The molecule has 1 N–H and O–H groups in total. The van der Waals surface area contributed by atoms with Gasteiger partial charge in [0.25, 0.3) is 0 Å². The fraction of sp³-hybridized carbons (Fsp3) is 0.355. The van der Waals surface area contributed by atoms with Gasteiger partial charge in [-0.1, -0.05) is 84.8 Å². The Kier molecular flexibility index (Phi) is 10.3. The van der Waals surface area contributed by atoms with Gasteiger partial charge in [0.15, 0.2) is 0 Å². The molecule has 0 unspecified atom stereocenters. The Hall–Kier alpha value is -3.65. The van der Waals surface area contributed by atoms with E-state index in [0.717, 1.165) is 39.2 Å². The van der Waals surface area contributed by atoms with Crippen LogP contribution in [0.1, 0.15) is 42.5 Å². The second-order valence-electron chi connectivity index (χ2n) is 10.1. The lowest BCUT2D eigenvalue weighted by Crippen LogP contribution is -2.54. The summed E-state index contributed by atoms with van der Waals surface area (Å²) in [6.45, 7) is 7.54. The maximum Gasteiger partial charge on any atom is 0.244 e. The molecule has 208 valence electrons. The molecule has 0 aromatic heterocycles. The first-order valence-electron chi connectivity index (χ1n) is 13.2. The van der Waals surface area contributed by atoms with Crippen molar-refractivity contribution in [3.05, 3.63) is 101 Å². The van der Waals surface area contributed by atoms with E-state index < -0.39 is 28.5 Å². The van der Waals surface area contributed by atoms with Crippen molar-refractivity contribution in [3.8, 4) is 0 Å². The Morgan fingerprint density at radius 3 is 1.95 bits per heavy atom. The summed E-state index contributed by atoms with van der Waals surface area (Å²) in [5, 5.41) is 3.04. The minimum atomic E-state index is -3.78. The first-order valence-corrected chi connectivity index (χ1v) is 15.1. The van der Waals surface area contributed by atoms with E-state index in [9.17, 15) is 18.0 Å². The molecule has 8 heteroatoms. The largest absolute Gasteiger partial charge is 0.352 e. The van der Waals surface area contributed by atoms with E-state index in [4.69, 9.17) is 0 Å². The Bertz CT molecular complexity index is 1340. The van der Waals surface area contributed by atoms with Gasteiger partial charge < -0.3 is 10.2 Å². The third-order valence-corrected chi connectivity index (χ3v) is 7.89. The molecule has 0 fully saturated rings. The number of carbonyl (C=O) groups is 2. The Morgan fingerprint density at radius 1 is 0.846 bits per heavy atom. The lowest BCUT2D eigenvalue weighted by Gasteiger charge is -2.34. The SMILES string of the molecule is CC[C@@H](C)NC(=O)[C@H](Cc1ccccc1)N(Cc1ccc(C)cc1)C(=O)CN(c1ccc(C)cc1)S(C)(=O)=O. The number of benzene rings is 3. The first kappa shape index (κ1) is 29.9. The van der Waals surface area contributed by atoms with Gasteiger partial charge in [0.1, 0.15) is 12.6 Å². The average Bonchev–Trinajstić information content (AvgIpc) is 2.90. The Balaban J connectivity index is 2.04. The standard InChI is InChI=1S/C31H39N3O4S/c1-6-25(4)32-31(36)29(20-26-10-8-7-9-11-26)33(21-27-16-12-23(2)13-17-27)30(35)22-34(39(5,37)38)28-18-14-24(3)15-19-28/h7-19,25,29H,6,20-22H2,1-5H3,(H,32,36)/t25-,29+/m1/s1. The Labute approximate surface area is 232 Å². The smallest absolute Gasteiger partial charge is 0.244 e. The number of hydrogen-bond donors (Lipinski definition) is 1. The summed E-state index contributed by atoms with van der Waals surface area (Å²) in [6.07, 6.45) is 2.12. The van der Waals surface area contributed by atoms with E-state index in [1.54, 1.807) is 24.3 Å². The van der Waals surface area contributed by atoms with Gasteiger partial charge >= 0.3 is 0 Å². The predicted molar refractivity (Wildman–Crippen MR) is 157 cm³/mol. The molecule has 2 amide bonds. The van der Waals surface area contributed by atoms with E-state index in [1.165, 1.54) is 4.90 Å². The highest BCUT2D eigenvalue weighted by molar-refractivity contribution is 7.92. The summed E-state index contributed by atoms with van der Waals surface area (Å²) in [4.78, 5) is 29.2. The number of aryl methyl sites for hydroxylation is 2. The number of nitrogens with one attached hydrogen (secondary N) is 1. The molecule has 3 aromatic rings. The lowest BCUT2D eigenvalue weighted by atomic mass is 10.0. The van der Waals surface area contributed by atoms with E-state index in [-0.39, 0.29) is 18.5 Å². The number of sulfonamides is 1. The molecule has 0 saturated carbocycles. The molecule has 0 aliphatic carbocycles. The zero-order valence-corrected chi connectivity index (χ0v) is 24.2. The van der Waals surface area contributed by atoms with Crippen molar-refractivity contribution in [2.45, 2.75) is 59.2 Å². The molecule has 0 radical (unpaired) electrons. The maximum absolute atomic E-state index is 14.0. The molecule has 2 atom stereocenters. The molecule has 0 bridgehead atoms. The Morgan fingerprint density at radius 2 is 1.41 bits per heavy atom. The molecule has 0 aliphatic rings. The van der Waals surface area contributed by atoms with Crippen molar-refractivity contribution >= 4 is 27.5 Å². The van der Waals surface area contributed by atoms with Crippen LogP contribution in [0.3, 0.4) is 0 Å². The van der Waals surface area contributed by atoms with Crippen LogP contribution in [-0.2, 0) is 32.6 Å². The summed E-state index contributed by atoms with van der Waals surface area (Å²) < 4.78 is 26.8. The molecule has 3 aromatic carbocycles. The second-order valence-corrected chi connectivity index (χ2v) is 12.0.